The van der Waals surface area contributed by atoms with E-state index in [-0.39, 0.29) is 0 Å². The first-order valence-electron chi connectivity index (χ1n) is 11.9. The minimum atomic E-state index is 0.463. The number of anilines is 2. The second kappa shape index (κ2) is 10.1. The molecule has 2 heterocycles. The highest BCUT2D eigenvalue weighted by Crippen LogP contribution is 2.39. The normalized spacial score (nSPS) is 13.4. The van der Waals surface area contributed by atoms with Gasteiger partial charge in [-0.05, 0) is 53.6 Å². The Morgan fingerprint density at radius 3 is 2.12 bits per heavy atom. The summed E-state index contributed by atoms with van der Waals surface area (Å²) in [6.07, 6.45) is 7.00. The lowest BCUT2D eigenvalue weighted by Crippen LogP contribution is -2.27. The molecular formula is C29H35N3O. The summed E-state index contributed by atoms with van der Waals surface area (Å²) in [5.41, 5.74) is 7.51. The fraction of sp³-hybridized carbons (Fsp3) is 0.345. The Balaban J connectivity index is 1.56. The van der Waals surface area contributed by atoms with Gasteiger partial charge < -0.3 is 14.5 Å². The molecule has 3 aromatic rings. The quantitative estimate of drug-likeness (QED) is 0.376. The van der Waals surface area contributed by atoms with Gasteiger partial charge in [0, 0.05) is 36.4 Å². The Labute approximate surface area is 198 Å². The summed E-state index contributed by atoms with van der Waals surface area (Å²) in [5, 5.41) is 0. The highest BCUT2D eigenvalue weighted by Gasteiger charge is 2.25. The Kier molecular flexibility index (Phi) is 7.02. The number of benzene rings is 2. The molecule has 0 amide bonds. The number of aryl methyl sites for hydroxylation is 1. The van der Waals surface area contributed by atoms with E-state index in [4.69, 9.17) is 4.74 Å². The minimum absolute atomic E-state index is 0.463. The van der Waals surface area contributed by atoms with Crippen LogP contribution in [-0.2, 0) is 6.42 Å². The van der Waals surface area contributed by atoms with Crippen molar-refractivity contribution in [3.63, 3.8) is 0 Å². The van der Waals surface area contributed by atoms with Crippen molar-refractivity contribution < 1.29 is 4.74 Å². The monoisotopic (exact) mass is 441 g/mol. The van der Waals surface area contributed by atoms with E-state index in [1.54, 1.807) is 0 Å². The molecule has 0 fully saturated rings. The molecule has 0 radical (unpaired) electrons. The standard InChI is InChI=1S/C29H35N3O/c1-21(2)25-12-9-13-26(22(3)4)29(25)32-18-17-31(20-32)28-23(5)10-8-14-27(28)33-19-15-24-11-6-7-16-30-24/h6-14,16-18,21-22H,15,19-20H2,1-5H3. The van der Waals surface area contributed by atoms with Gasteiger partial charge in [0.25, 0.3) is 0 Å². The van der Waals surface area contributed by atoms with Crippen LogP contribution in [-0.4, -0.2) is 18.3 Å². The largest absolute Gasteiger partial charge is 0.491 e. The van der Waals surface area contributed by atoms with E-state index in [9.17, 15) is 0 Å². The molecule has 1 aliphatic rings. The second-order valence-electron chi connectivity index (χ2n) is 9.31. The van der Waals surface area contributed by atoms with E-state index < -0.39 is 0 Å². The van der Waals surface area contributed by atoms with Crippen LogP contribution in [0.2, 0.25) is 0 Å². The van der Waals surface area contributed by atoms with Gasteiger partial charge in [-0.2, -0.15) is 0 Å². The summed E-state index contributed by atoms with van der Waals surface area (Å²) in [7, 11) is 0. The second-order valence-corrected chi connectivity index (χ2v) is 9.31. The summed E-state index contributed by atoms with van der Waals surface area (Å²) in [5.74, 6) is 1.84. The van der Waals surface area contributed by atoms with Crippen LogP contribution in [0.3, 0.4) is 0 Å². The number of hydrogen-bond donors (Lipinski definition) is 0. The van der Waals surface area contributed by atoms with E-state index in [2.05, 4.69) is 98.2 Å². The van der Waals surface area contributed by atoms with E-state index in [0.717, 1.165) is 30.2 Å². The van der Waals surface area contributed by atoms with Crippen LogP contribution in [0.25, 0.3) is 0 Å². The maximum Gasteiger partial charge on any atom is 0.143 e. The molecule has 4 rings (SSSR count). The lowest BCUT2D eigenvalue weighted by atomic mass is 9.92. The van der Waals surface area contributed by atoms with Gasteiger partial charge in [0.15, 0.2) is 0 Å². The van der Waals surface area contributed by atoms with E-state index in [1.165, 1.54) is 22.4 Å². The average molecular weight is 442 g/mol. The van der Waals surface area contributed by atoms with E-state index >= 15 is 0 Å². The van der Waals surface area contributed by atoms with Gasteiger partial charge in [-0.15, -0.1) is 0 Å². The van der Waals surface area contributed by atoms with Gasteiger partial charge in [0.05, 0.1) is 19.0 Å². The maximum absolute atomic E-state index is 6.27. The lowest BCUT2D eigenvalue weighted by Gasteiger charge is -2.29. The Hall–Kier alpha value is -3.27. The highest BCUT2D eigenvalue weighted by atomic mass is 16.5. The van der Waals surface area contributed by atoms with Crippen molar-refractivity contribution in [2.24, 2.45) is 0 Å². The number of nitrogens with zero attached hydrogens (tertiary/aromatic N) is 3. The van der Waals surface area contributed by atoms with Crippen molar-refractivity contribution in [3.05, 3.63) is 95.6 Å². The maximum atomic E-state index is 6.27. The molecule has 172 valence electrons. The molecule has 33 heavy (non-hydrogen) atoms. The van der Waals surface area contributed by atoms with Crippen molar-refractivity contribution in [3.8, 4) is 5.75 Å². The number of para-hydroxylation sites is 2. The molecule has 0 spiro atoms. The molecule has 4 heteroatoms. The first-order valence-corrected chi connectivity index (χ1v) is 11.9. The topological polar surface area (TPSA) is 28.6 Å². The fourth-order valence-electron chi connectivity index (χ4n) is 4.48. The Morgan fingerprint density at radius 1 is 0.818 bits per heavy atom. The number of rotatable bonds is 8. The summed E-state index contributed by atoms with van der Waals surface area (Å²) >= 11 is 0. The van der Waals surface area contributed by atoms with Crippen molar-refractivity contribution in [2.75, 3.05) is 23.1 Å². The van der Waals surface area contributed by atoms with Crippen LogP contribution in [0.4, 0.5) is 11.4 Å². The minimum Gasteiger partial charge on any atom is -0.491 e. The van der Waals surface area contributed by atoms with Crippen LogP contribution in [0.1, 0.15) is 61.9 Å². The molecule has 1 aliphatic heterocycles. The van der Waals surface area contributed by atoms with E-state index in [1.807, 2.05) is 24.4 Å². The molecule has 0 bridgehead atoms. The average Bonchev–Trinajstić information content (AvgIpc) is 3.28. The Morgan fingerprint density at radius 2 is 1.48 bits per heavy atom. The van der Waals surface area contributed by atoms with Crippen LogP contribution in [0.15, 0.2) is 73.2 Å². The predicted molar refractivity (Wildman–Crippen MR) is 138 cm³/mol. The van der Waals surface area contributed by atoms with Gasteiger partial charge in [0.2, 0.25) is 0 Å². The van der Waals surface area contributed by atoms with Crippen LogP contribution < -0.4 is 14.5 Å². The fourth-order valence-corrected chi connectivity index (χ4v) is 4.48. The summed E-state index contributed by atoms with van der Waals surface area (Å²) in [6, 6.07) is 19.0. The van der Waals surface area contributed by atoms with Crippen LogP contribution in [0, 0.1) is 6.92 Å². The molecule has 0 N–H and O–H groups in total. The molecule has 1 aromatic heterocycles. The van der Waals surface area contributed by atoms with Gasteiger partial charge >= 0.3 is 0 Å². The van der Waals surface area contributed by atoms with Crippen molar-refractivity contribution in [1.29, 1.82) is 0 Å². The number of hydrogen-bond acceptors (Lipinski definition) is 4. The SMILES string of the molecule is Cc1cccc(OCCc2ccccn2)c1N1C=CN(c2c(C(C)C)cccc2C(C)C)C1. The van der Waals surface area contributed by atoms with Crippen molar-refractivity contribution in [1.82, 2.24) is 4.98 Å². The summed E-state index contributed by atoms with van der Waals surface area (Å²) in [6.45, 7) is 12.6. The molecule has 0 atom stereocenters. The molecule has 0 unspecified atom stereocenters. The Bertz CT molecular complexity index is 1080. The van der Waals surface area contributed by atoms with Crippen molar-refractivity contribution >= 4 is 11.4 Å². The van der Waals surface area contributed by atoms with Gasteiger partial charge in [-0.1, -0.05) is 64.1 Å². The molecular weight excluding hydrogens is 406 g/mol. The first kappa shape index (κ1) is 22.9. The third-order valence-electron chi connectivity index (χ3n) is 6.19. The van der Waals surface area contributed by atoms with Gasteiger partial charge in [-0.25, -0.2) is 0 Å². The lowest BCUT2D eigenvalue weighted by molar-refractivity contribution is 0.321. The highest BCUT2D eigenvalue weighted by molar-refractivity contribution is 5.71. The summed E-state index contributed by atoms with van der Waals surface area (Å²) in [4.78, 5) is 9.09. The molecule has 0 aliphatic carbocycles. The van der Waals surface area contributed by atoms with Crippen LogP contribution in [0.5, 0.6) is 5.75 Å². The third kappa shape index (κ3) is 5.05. The first-order chi connectivity index (χ1) is 16.0. The summed E-state index contributed by atoms with van der Waals surface area (Å²) < 4.78 is 6.27. The third-order valence-corrected chi connectivity index (χ3v) is 6.19. The smallest absolute Gasteiger partial charge is 0.143 e. The number of pyridine rings is 1. The van der Waals surface area contributed by atoms with Gasteiger partial charge in [0.1, 0.15) is 5.75 Å². The number of ether oxygens (including phenoxy) is 1. The molecule has 4 nitrogen and oxygen atoms in total. The van der Waals surface area contributed by atoms with E-state index in [0.29, 0.717) is 18.4 Å². The molecule has 0 saturated carbocycles. The number of aromatic nitrogens is 1. The van der Waals surface area contributed by atoms with Gasteiger partial charge in [-0.3, -0.25) is 4.98 Å². The van der Waals surface area contributed by atoms with Crippen molar-refractivity contribution in [2.45, 2.75) is 52.9 Å². The molecule has 2 aromatic carbocycles. The predicted octanol–water partition coefficient (Wildman–Crippen LogP) is 7.01. The molecule has 0 saturated heterocycles. The zero-order valence-corrected chi connectivity index (χ0v) is 20.5. The zero-order chi connectivity index (χ0) is 23.4. The van der Waals surface area contributed by atoms with Crippen LogP contribution >= 0.6 is 0 Å². The zero-order valence-electron chi connectivity index (χ0n) is 20.5.